The number of nitriles is 1. The topological polar surface area (TPSA) is 56.0 Å². The molecule has 2 rings (SSSR count). The van der Waals surface area contributed by atoms with Crippen molar-refractivity contribution in [2.75, 3.05) is 5.32 Å². The number of benzene rings is 2. The van der Waals surface area contributed by atoms with Crippen molar-refractivity contribution < 1.29 is 5.11 Å². The molecule has 0 aliphatic heterocycles. The van der Waals surface area contributed by atoms with Crippen LogP contribution in [0.2, 0.25) is 5.02 Å². The summed E-state index contributed by atoms with van der Waals surface area (Å²) in [6.07, 6.45) is 0.799. The van der Waals surface area contributed by atoms with E-state index in [0.717, 1.165) is 17.7 Å². The van der Waals surface area contributed by atoms with Gasteiger partial charge in [-0.05, 0) is 49.2 Å². The number of halogens is 1. The van der Waals surface area contributed by atoms with Crippen LogP contribution in [0.5, 0.6) is 5.75 Å². The van der Waals surface area contributed by atoms with E-state index in [9.17, 15) is 5.11 Å². The van der Waals surface area contributed by atoms with Crippen LogP contribution in [0.25, 0.3) is 0 Å². The standard InChI is InChI=1S/C16H15ClN2O/c1-11(8-12-2-5-14(20)6-3-12)19-16-9-13(10-18)4-7-15(16)17/h2-7,9,11,19-20H,8H2,1H3. The third-order valence-corrected chi connectivity index (χ3v) is 3.31. The van der Waals surface area contributed by atoms with Gasteiger partial charge in [0, 0.05) is 6.04 Å². The Balaban J connectivity index is 2.06. The number of hydrogen-bond donors (Lipinski definition) is 2. The first kappa shape index (κ1) is 14.2. The van der Waals surface area contributed by atoms with E-state index in [1.54, 1.807) is 30.3 Å². The maximum atomic E-state index is 9.26. The highest BCUT2D eigenvalue weighted by molar-refractivity contribution is 6.33. The molecule has 4 heteroatoms. The number of phenolic OH excluding ortho intramolecular Hbond substituents is 1. The Labute approximate surface area is 123 Å². The zero-order chi connectivity index (χ0) is 14.5. The zero-order valence-electron chi connectivity index (χ0n) is 11.1. The first-order valence-electron chi connectivity index (χ1n) is 6.32. The van der Waals surface area contributed by atoms with Crippen LogP contribution in [0.15, 0.2) is 42.5 Å². The molecular weight excluding hydrogens is 272 g/mol. The summed E-state index contributed by atoms with van der Waals surface area (Å²) in [5.74, 6) is 0.263. The van der Waals surface area contributed by atoms with Crippen molar-refractivity contribution in [1.29, 1.82) is 5.26 Å². The van der Waals surface area contributed by atoms with E-state index in [4.69, 9.17) is 16.9 Å². The van der Waals surface area contributed by atoms with E-state index in [2.05, 4.69) is 11.4 Å². The van der Waals surface area contributed by atoms with E-state index >= 15 is 0 Å². The molecule has 0 amide bonds. The van der Waals surface area contributed by atoms with E-state index in [0.29, 0.717) is 10.6 Å². The highest BCUT2D eigenvalue weighted by atomic mass is 35.5. The molecule has 3 nitrogen and oxygen atoms in total. The van der Waals surface area contributed by atoms with Gasteiger partial charge in [-0.3, -0.25) is 0 Å². The van der Waals surface area contributed by atoms with Gasteiger partial charge >= 0.3 is 0 Å². The second-order valence-corrected chi connectivity index (χ2v) is 5.13. The van der Waals surface area contributed by atoms with Crippen LogP contribution < -0.4 is 5.32 Å². The number of aromatic hydroxyl groups is 1. The third-order valence-electron chi connectivity index (χ3n) is 2.98. The van der Waals surface area contributed by atoms with Crippen molar-refractivity contribution in [3.8, 4) is 11.8 Å². The van der Waals surface area contributed by atoms with Crippen molar-refractivity contribution in [2.45, 2.75) is 19.4 Å². The van der Waals surface area contributed by atoms with Gasteiger partial charge in [-0.15, -0.1) is 0 Å². The SMILES string of the molecule is CC(Cc1ccc(O)cc1)Nc1cc(C#N)ccc1Cl. The molecule has 1 unspecified atom stereocenters. The van der Waals surface area contributed by atoms with Gasteiger partial charge < -0.3 is 10.4 Å². The fourth-order valence-corrected chi connectivity index (χ4v) is 2.18. The number of phenols is 1. The Morgan fingerprint density at radius 2 is 1.95 bits per heavy atom. The Kier molecular flexibility index (Phi) is 4.49. The Morgan fingerprint density at radius 3 is 2.60 bits per heavy atom. The zero-order valence-corrected chi connectivity index (χ0v) is 11.9. The lowest BCUT2D eigenvalue weighted by molar-refractivity contribution is 0.475. The lowest BCUT2D eigenvalue weighted by atomic mass is 10.1. The maximum Gasteiger partial charge on any atom is 0.115 e. The summed E-state index contributed by atoms with van der Waals surface area (Å²) in [5.41, 5.74) is 2.46. The quantitative estimate of drug-likeness (QED) is 0.894. The van der Waals surface area contributed by atoms with Gasteiger partial charge in [0.25, 0.3) is 0 Å². The van der Waals surface area contributed by atoms with Crippen LogP contribution in [-0.2, 0) is 6.42 Å². The largest absolute Gasteiger partial charge is 0.508 e. The lowest BCUT2D eigenvalue weighted by Crippen LogP contribution is -2.18. The van der Waals surface area contributed by atoms with Crippen molar-refractivity contribution in [1.82, 2.24) is 0 Å². The predicted octanol–water partition coefficient (Wildman–Crippen LogP) is 3.96. The molecular formula is C16H15ClN2O. The average Bonchev–Trinajstić information content (AvgIpc) is 2.44. The second-order valence-electron chi connectivity index (χ2n) is 4.72. The van der Waals surface area contributed by atoms with Gasteiger partial charge in [-0.1, -0.05) is 23.7 Å². The van der Waals surface area contributed by atoms with Crippen molar-refractivity contribution >= 4 is 17.3 Å². The number of rotatable bonds is 4. The average molecular weight is 287 g/mol. The van der Waals surface area contributed by atoms with Crippen molar-refractivity contribution in [3.05, 3.63) is 58.6 Å². The predicted molar refractivity (Wildman–Crippen MR) is 81.1 cm³/mol. The highest BCUT2D eigenvalue weighted by Crippen LogP contribution is 2.24. The molecule has 2 aromatic carbocycles. The monoisotopic (exact) mass is 286 g/mol. The molecule has 0 saturated carbocycles. The summed E-state index contributed by atoms with van der Waals surface area (Å²) in [5, 5.41) is 22.1. The van der Waals surface area contributed by atoms with E-state index in [-0.39, 0.29) is 11.8 Å². The van der Waals surface area contributed by atoms with Crippen LogP contribution in [0.1, 0.15) is 18.1 Å². The van der Waals surface area contributed by atoms with Crippen molar-refractivity contribution in [2.24, 2.45) is 0 Å². The van der Waals surface area contributed by atoms with Crippen LogP contribution in [0.3, 0.4) is 0 Å². The summed E-state index contributed by atoms with van der Waals surface area (Å²) in [7, 11) is 0. The Morgan fingerprint density at radius 1 is 1.25 bits per heavy atom. The van der Waals surface area contributed by atoms with Crippen LogP contribution in [0.4, 0.5) is 5.69 Å². The van der Waals surface area contributed by atoms with Crippen LogP contribution in [-0.4, -0.2) is 11.1 Å². The first-order valence-corrected chi connectivity index (χ1v) is 6.70. The fourth-order valence-electron chi connectivity index (χ4n) is 2.01. The minimum atomic E-state index is 0.158. The molecule has 102 valence electrons. The molecule has 0 radical (unpaired) electrons. The summed E-state index contributed by atoms with van der Waals surface area (Å²) in [6.45, 7) is 2.04. The molecule has 0 fully saturated rings. The summed E-state index contributed by atoms with van der Waals surface area (Å²) in [4.78, 5) is 0. The fraction of sp³-hybridized carbons (Fsp3) is 0.188. The minimum Gasteiger partial charge on any atom is -0.508 e. The number of nitrogens with one attached hydrogen (secondary N) is 1. The molecule has 2 N–H and O–H groups in total. The molecule has 0 bridgehead atoms. The third kappa shape index (κ3) is 3.66. The van der Waals surface area contributed by atoms with Crippen molar-refractivity contribution in [3.63, 3.8) is 0 Å². The highest BCUT2D eigenvalue weighted by Gasteiger charge is 2.07. The van der Waals surface area contributed by atoms with Gasteiger partial charge in [0.1, 0.15) is 5.75 Å². The molecule has 0 saturated heterocycles. The summed E-state index contributed by atoms with van der Waals surface area (Å²) in [6, 6.07) is 14.5. The maximum absolute atomic E-state index is 9.26. The molecule has 0 spiro atoms. The number of nitrogens with zero attached hydrogens (tertiary/aromatic N) is 1. The van der Waals surface area contributed by atoms with Gasteiger partial charge in [0.2, 0.25) is 0 Å². The second kappa shape index (κ2) is 6.31. The van der Waals surface area contributed by atoms with Crippen LogP contribution >= 0.6 is 11.6 Å². The van der Waals surface area contributed by atoms with E-state index < -0.39 is 0 Å². The molecule has 0 aliphatic rings. The Bertz CT molecular complexity index is 632. The van der Waals surface area contributed by atoms with E-state index in [1.807, 2.05) is 19.1 Å². The minimum absolute atomic E-state index is 0.158. The van der Waals surface area contributed by atoms with E-state index in [1.165, 1.54) is 0 Å². The summed E-state index contributed by atoms with van der Waals surface area (Å²) < 4.78 is 0. The molecule has 0 heterocycles. The first-order chi connectivity index (χ1) is 9.58. The van der Waals surface area contributed by atoms with Gasteiger partial charge in [0.05, 0.1) is 22.3 Å². The van der Waals surface area contributed by atoms with Gasteiger partial charge in [-0.2, -0.15) is 5.26 Å². The molecule has 1 atom stereocenters. The van der Waals surface area contributed by atoms with Gasteiger partial charge in [0.15, 0.2) is 0 Å². The van der Waals surface area contributed by atoms with Crippen LogP contribution in [0, 0.1) is 11.3 Å². The number of hydrogen-bond acceptors (Lipinski definition) is 3. The molecule has 0 aliphatic carbocycles. The Hall–Kier alpha value is -2.18. The normalized spacial score (nSPS) is 11.7. The molecule has 20 heavy (non-hydrogen) atoms. The molecule has 0 aromatic heterocycles. The molecule has 2 aromatic rings. The lowest BCUT2D eigenvalue weighted by Gasteiger charge is -2.16. The summed E-state index contributed by atoms with van der Waals surface area (Å²) >= 11 is 6.12. The van der Waals surface area contributed by atoms with Gasteiger partial charge in [-0.25, -0.2) is 0 Å². The number of anilines is 1. The smallest absolute Gasteiger partial charge is 0.115 e.